The van der Waals surface area contributed by atoms with Crippen LogP contribution in [0.2, 0.25) is 0 Å². The first kappa shape index (κ1) is 9.83. The maximum Gasteiger partial charge on any atom is 0.0959 e. The summed E-state index contributed by atoms with van der Waals surface area (Å²) in [5.41, 5.74) is 3.42. The Morgan fingerprint density at radius 2 is 1.89 bits per heavy atom. The fourth-order valence-corrected chi connectivity index (χ4v) is 2.46. The first-order valence-electron chi connectivity index (χ1n) is 6.31. The molecule has 3 aromatic rings. The van der Waals surface area contributed by atoms with E-state index in [0.29, 0.717) is 5.92 Å². The molecule has 0 aliphatic heterocycles. The van der Waals surface area contributed by atoms with Crippen LogP contribution in [0.15, 0.2) is 48.8 Å². The number of para-hydroxylation sites is 1. The molecule has 1 saturated carbocycles. The van der Waals surface area contributed by atoms with E-state index in [2.05, 4.69) is 40.4 Å². The monoisotopic (exact) mass is 235 g/mol. The molecular weight excluding hydrogens is 222 g/mol. The van der Waals surface area contributed by atoms with Crippen molar-refractivity contribution in [2.24, 2.45) is 0 Å². The van der Waals surface area contributed by atoms with Crippen LogP contribution < -0.4 is 0 Å². The van der Waals surface area contributed by atoms with Gasteiger partial charge in [-0.25, -0.2) is 4.68 Å². The second-order valence-corrected chi connectivity index (χ2v) is 4.79. The first-order valence-corrected chi connectivity index (χ1v) is 6.31. The third kappa shape index (κ3) is 1.44. The van der Waals surface area contributed by atoms with Gasteiger partial charge in [-0.3, -0.25) is 4.98 Å². The Bertz CT molecular complexity index is 705. The van der Waals surface area contributed by atoms with E-state index in [4.69, 9.17) is 0 Å². The lowest BCUT2D eigenvalue weighted by atomic mass is 10.2. The lowest BCUT2D eigenvalue weighted by Gasteiger charge is -2.09. The smallest absolute Gasteiger partial charge is 0.0959 e. The summed E-state index contributed by atoms with van der Waals surface area (Å²) in [5.74, 6) is 0.687. The van der Waals surface area contributed by atoms with Gasteiger partial charge in [0.15, 0.2) is 0 Å². The second-order valence-electron chi connectivity index (χ2n) is 4.79. The minimum absolute atomic E-state index is 0.687. The highest BCUT2D eigenvalue weighted by atomic mass is 15.3. The van der Waals surface area contributed by atoms with Crippen LogP contribution in [0.5, 0.6) is 0 Å². The van der Waals surface area contributed by atoms with Gasteiger partial charge in [0, 0.05) is 29.4 Å². The van der Waals surface area contributed by atoms with Gasteiger partial charge in [-0.1, -0.05) is 18.2 Å². The summed E-state index contributed by atoms with van der Waals surface area (Å²) in [6, 6.07) is 12.4. The Kier molecular flexibility index (Phi) is 2.00. The standard InChI is InChI=1S/C15H13N3/c1-3-12-4-2-9-16-15(12)14(5-1)18-13(8-10-17-18)11-6-7-11/h1-5,8-11H,6-7H2. The Morgan fingerprint density at radius 3 is 2.78 bits per heavy atom. The molecule has 4 rings (SSSR count). The fraction of sp³-hybridized carbons (Fsp3) is 0.200. The zero-order chi connectivity index (χ0) is 11.9. The van der Waals surface area contributed by atoms with Crippen LogP contribution in [0.3, 0.4) is 0 Å². The number of aromatic nitrogens is 3. The molecule has 0 saturated heterocycles. The Hall–Kier alpha value is -2.16. The van der Waals surface area contributed by atoms with Crippen molar-refractivity contribution >= 4 is 10.9 Å². The van der Waals surface area contributed by atoms with E-state index in [0.717, 1.165) is 16.6 Å². The van der Waals surface area contributed by atoms with Gasteiger partial charge >= 0.3 is 0 Å². The molecule has 0 N–H and O–H groups in total. The summed E-state index contributed by atoms with van der Waals surface area (Å²) < 4.78 is 2.05. The zero-order valence-electron chi connectivity index (χ0n) is 9.95. The molecule has 1 fully saturated rings. The molecule has 2 aromatic heterocycles. The first-order chi connectivity index (χ1) is 8.93. The van der Waals surface area contributed by atoms with Gasteiger partial charge in [0.05, 0.1) is 11.2 Å². The SMILES string of the molecule is c1cnc2c(-n3nccc3C3CC3)cccc2c1. The molecule has 0 atom stereocenters. The molecule has 1 aliphatic rings. The molecule has 0 bridgehead atoms. The number of nitrogens with zero attached hydrogens (tertiary/aromatic N) is 3. The molecule has 1 aromatic carbocycles. The predicted octanol–water partition coefficient (Wildman–Crippen LogP) is 3.30. The van der Waals surface area contributed by atoms with Crippen molar-refractivity contribution in [1.29, 1.82) is 0 Å². The van der Waals surface area contributed by atoms with E-state index in [-0.39, 0.29) is 0 Å². The summed E-state index contributed by atoms with van der Waals surface area (Å²) in [4.78, 5) is 4.50. The number of pyridine rings is 1. The van der Waals surface area contributed by atoms with Crippen LogP contribution in [0.4, 0.5) is 0 Å². The average Bonchev–Trinajstić information content (AvgIpc) is 3.16. The highest BCUT2D eigenvalue weighted by Crippen LogP contribution is 2.40. The highest BCUT2D eigenvalue weighted by Gasteiger charge is 2.27. The molecule has 88 valence electrons. The molecule has 3 heteroatoms. The third-order valence-electron chi connectivity index (χ3n) is 3.51. The Labute approximate surface area is 105 Å². The largest absolute Gasteiger partial charge is 0.254 e. The lowest BCUT2D eigenvalue weighted by molar-refractivity contribution is 0.812. The van der Waals surface area contributed by atoms with E-state index in [9.17, 15) is 0 Å². The van der Waals surface area contributed by atoms with Gasteiger partial charge in [-0.2, -0.15) is 5.10 Å². The number of hydrogen-bond acceptors (Lipinski definition) is 2. The van der Waals surface area contributed by atoms with Crippen LogP contribution in [-0.2, 0) is 0 Å². The quantitative estimate of drug-likeness (QED) is 0.682. The van der Waals surface area contributed by atoms with Gasteiger partial charge in [0.25, 0.3) is 0 Å². The fourth-order valence-electron chi connectivity index (χ4n) is 2.46. The summed E-state index contributed by atoms with van der Waals surface area (Å²) in [7, 11) is 0. The zero-order valence-corrected chi connectivity index (χ0v) is 9.95. The maximum absolute atomic E-state index is 4.50. The van der Waals surface area contributed by atoms with Crippen LogP contribution >= 0.6 is 0 Å². The summed E-state index contributed by atoms with van der Waals surface area (Å²) in [6.45, 7) is 0. The molecule has 0 radical (unpaired) electrons. The van der Waals surface area contributed by atoms with Gasteiger partial charge in [-0.15, -0.1) is 0 Å². The Balaban J connectivity index is 1.98. The second kappa shape index (κ2) is 3.67. The van der Waals surface area contributed by atoms with Crippen molar-refractivity contribution in [3.63, 3.8) is 0 Å². The molecule has 1 aliphatic carbocycles. The van der Waals surface area contributed by atoms with Gasteiger partial charge < -0.3 is 0 Å². The summed E-state index contributed by atoms with van der Waals surface area (Å²) in [5, 5.41) is 5.63. The molecule has 0 unspecified atom stereocenters. The van der Waals surface area contributed by atoms with Crippen molar-refractivity contribution in [2.45, 2.75) is 18.8 Å². The van der Waals surface area contributed by atoms with Gasteiger partial charge in [0.2, 0.25) is 0 Å². The topological polar surface area (TPSA) is 30.7 Å². The van der Waals surface area contributed by atoms with E-state index < -0.39 is 0 Å². The van der Waals surface area contributed by atoms with Crippen LogP contribution in [0, 0.1) is 0 Å². The third-order valence-corrected chi connectivity index (χ3v) is 3.51. The summed E-state index contributed by atoms with van der Waals surface area (Å²) in [6.07, 6.45) is 6.29. The lowest BCUT2D eigenvalue weighted by Crippen LogP contribution is -2.02. The minimum Gasteiger partial charge on any atom is -0.254 e. The normalized spacial score (nSPS) is 15.1. The number of hydrogen-bond donors (Lipinski definition) is 0. The molecule has 2 heterocycles. The van der Waals surface area contributed by atoms with E-state index in [1.165, 1.54) is 18.5 Å². The molecular formula is C15H13N3. The van der Waals surface area contributed by atoms with E-state index in [1.807, 2.05) is 23.1 Å². The van der Waals surface area contributed by atoms with Crippen molar-refractivity contribution in [2.75, 3.05) is 0 Å². The van der Waals surface area contributed by atoms with Crippen molar-refractivity contribution < 1.29 is 0 Å². The number of fused-ring (bicyclic) bond motifs is 1. The van der Waals surface area contributed by atoms with E-state index >= 15 is 0 Å². The molecule has 3 nitrogen and oxygen atoms in total. The van der Waals surface area contributed by atoms with Gasteiger partial charge in [-0.05, 0) is 31.0 Å². The minimum atomic E-state index is 0.687. The number of rotatable bonds is 2. The Morgan fingerprint density at radius 1 is 1.00 bits per heavy atom. The van der Waals surface area contributed by atoms with Crippen LogP contribution in [-0.4, -0.2) is 14.8 Å². The number of benzene rings is 1. The highest BCUT2D eigenvalue weighted by molar-refractivity contribution is 5.86. The molecule has 0 spiro atoms. The van der Waals surface area contributed by atoms with Crippen LogP contribution in [0.25, 0.3) is 16.6 Å². The predicted molar refractivity (Wildman–Crippen MR) is 70.8 cm³/mol. The van der Waals surface area contributed by atoms with Crippen molar-refractivity contribution in [3.8, 4) is 5.69 Å². The molecule has 18 heavy (non-hydrogen) atoms. The van der Waals surface area contributed by atoms with E-state index in [1.54, 1.807) is 0 Å². The summed E-state index contributed by atoms with van der Waals surface area (Å²) >= 11 is 0. The molecule has 0 amide bonds. The van der Waals surface area contributed by atoms with Crippen molar-refractivity contribution in [3.05, 3.63) is 54.5 Å². The van der Waals surface area contributed by atoms with Gasteiger partial charge in [0.1, 0.15) is 0 Å². The van der Waals surface area contributed by atoms with Crippen molar-refractivity contribution in [1.82, 2.24) is 14.8 Å². The average molecular weight is 235 g/mol. The van der Waals surface area contributed by atoms with Crippen LogP contribution in [0.1, 0.15) is 24.5 Å². The maximum atomic E-state index is 4.50.